The lowest BCUT2D eigenvalue weighted by Crippen LogP contribution is -2.38. The van der Waals surface area contributed by atoms with Crippen molar-refractivity contribution in [1.82, 2.24) is 14.0 Å². The number of aromatic nitrogens is 1. The summed E-state index contributed by atoms with van der Waals surface area (Å²) in [6.07, 6.45) is 1.52. The summed E-state index contributed by atoms with van der Waals surface area (Å²) >= 11 is 1.62. The minimum atomic E-state index is -3.47. The van der Waals surface area contributed by atoms with E-state index in [1.54, 1.807) is 18.4 Å². The van der Waals surface area contributed by atoms with Crippen LogP contribution in [0.4, 0.5) is 0 Å². The van der Waals surface area contributed by atoms with Gasteiger partial charge in [0.15, 0.2) is 0 Å². The van der Waals surface area contributed by atoms with Gasteiger partial charge >= 0.3 is 0 Å². The minimum absolute atomic E-state index is 0.354. The first-order valence-corrected chi connectivity index (χ1v) is 9.51. The molecule has 0 amide bonds. The smallest absolute Gasteiger partial charge is 0.246 e. The van der Waals surface area contributed by atoms with Gasteiger partial charge in [-0.15, -0.1) is 11.3 Å². The maximum atomic E-state index is 12.2. The summed E-state index contributed by atoms with van der Waals surface area (Å²) in [7, 11) is -1.89. The molecule has 0 bridgehead atoms. The van der Waals surface area contributed by atoms with Crippen LogP contribution in [0.5, 0.6) is 0 Å². The monoisotopic (exact) mass is 339 g/mol. The summed E-state index contributed by atoms with van der Waals surface area (Å²) in [5, 5.41) is 3.07. The van der Waals surface area contributed by atoms with Gasteiger partial charge in [-0.05, 0) is 12.0 Å². The second-order valence-corrected chi connectivity index (χ2v) is 7.78. The SMILES string of the molecule is CCc1nc(CCNS(=O)(=O)N(C)Cc2ccccc2)cs1. The van der Waals surface area contributed by atoms with E-state index in [9.17, 15) is 8.42 Å². The van der Waals surface area contributed by atoms with Gasteiger partial charge < -0.3 is 0 Å². The van der Waals surface area contributed by atoms with Gasteiger partial charge in [0.1, 0.15) is 0 Å². The summed E-state index contributed by atoms with van der Waals surface area (Å²) in [4.78, 5) is 4.43. The molecule has 0 aliphatic heterocycles. The van der Waals surface area contributed by atoms with E-state index >= 15 is 0 Å². The van der Waals surface area contributed by atoms with Crippen LogP contribution in [-0.2, 0) is 29.6 Å². The Morgan fingerprint density at radius 2 is 2.00 bits per heavy atom. The lowest BCUT2D eigenvalue weighted by atomic mass is 10.2. The van der Waals surface area contributed by atoms with Crippen LogP contribution in [0.2, 0.25) is 0 Å². The van der Waals surface area contributed by atoms with Gasteiger partial charge in [0.25, 0.3) is 10.2 Å². The van der Waals surface area contributed by atoms with Gasteiger partial charge in [0.2, 0.25) is 0 Å². The summed E-state index contributed by atoms with van der Waals surface area (Å²) in [6.45, 7) is 2.77. The minimum Gasteiger partial charge on any atom is -0.246 e. The van der Waals surface area contributed by atoms with Crippen molar-refractivity contribution in [3.8, 4) is 0 Å². The molecule has 0 aliphatic carbocycles. The van der Waals surface area contributed by atoms with Crippen LogP contribution in [0.1, 0.15) is 23.2 Å². The Morgan fingerprint density at radius 3 is 2.64 bits per heavy atom. The van der Waals surface area contributed by atoms with Crippen LogP contribution in [0.15, 0.2) is 35.7 Å². The standard InChI is InChI=1S/C15H21N3O2S2/c1-3-15-17-14(12-21-15)9-10-16-22(19,20)18(2)11-13-7-5-4-6-8-13/h4-8,12,16H,3,9-11H2,1-2H3. The molecule has 1 N–H and O–H groups in total. The zero-order chi connectivity index (χ0) is 16.0. The molecule has 0 unspecified atom stereocenters. The molecule has 0 atom stereocenters. The molecule has 0 radical (unpaired) electrons. The van der Waals surface area contributed by atoms with E-state index in [0.29, 0.717) is 19.5 Å². The highest BCUT2D eigenvalue weighted by Gasteiger charge is 2.17. The Balaban J connectivity index is 1.85. The summed E-state index contributed by atoms with van der Waals surface area (Å²) in [5.41, 5.74) is 1.90. The number of thiazole rings is 1. The average Bonchev–Trinajstić information content (AvgIpc) is 2.96. The highest BCUT2D eigenvalue weighted by Crippen LogP contribution is 2.10. The summed E-state index contributed by atoms with van der Waals surface area (Å²) < 4.78 is 28.3. The lowest BCUT2D eigenvalue weighted by molar-refractivity contribution is 0.455. The zero-order valence-electron chi connectivity index (χ0n) is 12.8. The average molecular weight is 339 g/mol. The molecule has 5 nitrogen and oxygen atoms in total. The third-order valence-electron chi connectivity index (χ3n) is 3.23. The van der Waals surface area contributed by atoms with Gasteiger partial charge in [0, 0.05) is 31.9 Å². The maximum Gasteiger partial charge on any atom is 0.279 e. The molecule has 0 aliphatic rings. The Morgan fingerprint density at radius 1 is 1.27 bits per heavy atom. The molecular formula is C15H21N3O2S2. The number of rotatable bonds is 8. The highest BCUT2D eigenvalue weighted by atomic mass is 32.2. The van der Waals surface area contributed by atoms with E-state index < -0.39 is 10.2 Å². The maximum absolute atomic E-state index is 12.2. The third kappa shape index (κ3) is 4.88. The topological polar surface area (TPSA) is 62.3 Å². The van der Waals surface area contributed by atoms with Crippen molar-refractivity contribution >= 4 is 21.5 Å². The summed E-state index contributed by atoms with van der Waals surface area (Å²) in [5.74, 6) is 0. The molecule has 1 aromatic heterocycles. The molecule has 0 spiro atoms. The van der Waals surface area contributed by atoms with Crippen molar-refractivity contribution in [2.24, 2.45) is 0 Å². The molecule has 0 saturated heterocycles. The number of aryl methyl sites for hydroxylation is 1. The Labute approximate surface area is 136 Å². The van der Waals surface area contributed by atoms with Gasteiger partial charge in [-0.1, -0.05) is 37.3 Å². The van der Waals surface area contributed by atoms with Crippen LogP contribution < -0.4 is 4.72 Å². The molecule has 0 saturated carbocycles. The van der Waals surface area contributed by atoms with Gasteiger partial charge in [0.05, 0.1) is 10.7 Å². The van der Waals surface area contributed by atoms with Crippen LogP contribution in [0.3, 0.4) is 0 Å². The Kier molecular flexibility index (Phi) is 6.07. The fraction of sp³-hybridized carbons (Fsp3) is 0.400. The quantitative estimate of drug-likeness (QED) is 0.802. The van der Waals surface area contributed by atoms with E-state index in [4.69, 9.17) is 0 Å². The fourth-order valence-corrected chi connectivity index (χ4v) is 3.65. The van der Waals surface area contributed by atoms with Gasteiger partial charge in [-0.2, -0.15) is 12.7 Å². The first-order chi connectivity index (χ1) is 10.5. The first kappa shape index (κ1) is 17.1. The second kappa shape index (κ2) is 7.82. The van der Waals surface area contributed by atoms with E-state index in [-0.39, 0.29) is 0 Å². The normalized spacial score (nSPS) is 12.0. The van der Waals surface area contributed by atoms with Gasteiger partial charge in [-0.25, -0.2) is 9.71 Å². The van der Waals surface area contributed by atoms with Crippen LogP contribution in [0.25, 0.3) is 0 Å². The molecule has 1 heterocycles. The molecule has 0 fully saturated rings. The van der Waals surface area contributed by atoms with Crippen molar-refractivity contribution in [2.75, 3.05) is 13.6 Å². The van der Waals surface area contributed by atoms with Crippen LogP contribution in [0, 0.1) is 0 Å². The molecule has 7 heteroatoms. The van der Waals surface area contributed by atoms with Crippen molar-refractivity contribution in [3.05, 3.63) is 52.0 Å². The Hall–Kier alpha value is -1.28. The number of hydrogen-bond donors (Lipinski definition) is 1. The van der Waals surface area contributed by atoms with E-state index in [1.807, 2.05) is 35.7 Å². The third-order valence-corrected chi connectivity index (χ3v) is 5.79. The summed E-state index contributed by atoms with van der Waals surface area (Å²) in [6, 6.07) is 9.53. The molecular weight excluding hydrogens is 318 g/mol. The van der Waals surface area contributed by atoms with Crippen LogP contribution in [-0.4, -0.2) is 31.3 Å². The Bertz CT molecular complexity index is 684. The van der Waals surface area contributed by atoms with Crippen molar-refractivity contribution < 1.29 is 8.42 Å². The predicted molar refractivity (Wildman–Crippen MR) is 90.0 cm³/mol. The van der Waals surface area contributed by atoms with Crippen molar-refractivity contribution in [3.63, 3.8) is 0 Å². The highest BCUT2D eigenvalue weighted by molar-refractivity contribution is 7.87. The molecule has 2 rings (SSSR count). The molecule has 120 valence electrons. The van der Waals surface area contributed by atoms with E-state index in [1.165, 1.54) is 4.31 Å². The number of nitrogens with zero attached hydrogens (tertiary/aromatic N) is 2. The zero-order valence-corrected chi connectivity index (χ0v) is 14.5. The van der Waals surface area contributed by atoms with Crippen molar-refractivity contribution in [2.45, 2.75) is 26.3 Å². The van der Waals surface area contributed by atoms with Crippen molar-refractivity contribution in [1.29, 1.82) is 0 Å². The predicted octanol–water partition coefficient (Wildman–Crippen LogP) is 2.21. The van der Waals surface area contributed by atoms with Crippen LogP contribution >= 0.6 is 11.3 Å². The number of nitrogens with one attached hydrogen (secondary N) is 1. The number of hydrogen-bond acceptors (Lipinski definition) is 4. The molecule has 2 aromatic rings. The largest absolute Gasteiger partial charge is 0.279 e. The fourth-order valence-electron chi connectivity index (χ4n) is 1.97. The van der Waals surface area contributed by atoms with E-state index in [0.717, 1.165) is 22.7 Å². The first-order valence-electron chi connectivity index (χ1n) is 7.19. The second-order valence-electron chi connectivity index (χ2n) is 4.98. The van der Waals surface area contributed by atoms with Gasteiger partial charge in [-0.3, -0.25) is 0 Å². The lowest BCUT2D eigenvalue weighted by Gasteiger charge is -2.17. The van der Waals surface area contributed by atoms with E-state index in [2.05, 4.69) is 16.6 Å². The molecule has 1 aromatic carbocycles. The number of benzene rings is 1. The molecule has 22 heavy (non-hydrogen) atoms.